The van der Waals surface area contributed by atoms with Gasteiger partial charge in [0.15, 0.2) is 5.65 Å². The molecule has 7 heteroatoms. The first-order valence-corrected chi connectivity index (χ1v) is 9.27. The Bertz CT molecular complexity index is 910. The molecule has 0 radical (unpaired) electrons. The molecule has 0 spiro atoms. The molecule has 1 aliphatic rings. The van der Waals surface area contributed by atoms with E-state index < -0.39 is 0 Å². The number of nitrogens with zero attached hydrogens (tertiary/aromatic N) is 5. The van der Waals surface area contributed by atoms with E-state index in [0.717, 1.165) is 42.4 Å². The second-order valence-electron chi connectivity index (χ2n) is 6.97. The first kappa shape index (κ1) is 16.8. The average Bonchev–Trinajstić information content (AvgIpc) is 3.24. The molecule has 1 aliphatic carbocycles. The molecular weight excluding hydrogens is 328 g/mol. The van der Waals surface area contributed by atoms with Gasteiger partial charge in [0, 0.05) is 37.6 Å². The van der Waals surface area contributed by atoms with Crippen molar-refractivity contribution in [3.8, 4) is 0 Å². The largest absolute Gasteiger partial charge is 0.352 e. The SMILES string of the molecule is CC[C@@H](CCNC(=O)c1cc(C2CC2)nc2c1cnn2C)n1cccn1. The Balaban J connectivity index is 1.49. The molecule has 3 heterocycles. The summed E-state index contributed by atoms with van der Waals surface area (Å²) in [6, 6.07) is 4.17. The van der Waals surface area contributed by atoms with Gasteiger partial charge < -0.3 is 5.32 Å². The van der Waals surface area contributed by atoms with Gasteiger partial charge in [0.1, 0.15) is 0 Å². The predicted molar refractivity (Wildman–Crippen MR) is 99.0 cm³/mol. The summed E-state index contributed by atoms with van der Waals surface area (Å²) in [5.41, 5.74) is 2.47. The number of nitrogens with one attached hydrogen (secondary N) is 1. The molecule has 1 amide bonds. The average molecular weight is 352 g/mol. The van der Waals surface area contributed by atoms with Crippen molar-refractivity contribution in [2.75, 3.05) is 6.54 Å². The highest BCUT2D eigenvalue weighted by Gasteiger charge is 2.27. The van der Waals surface area contributed by atoms with Gasteiger partial charge in [-0.25, -0.2) is 4.98 Å². The van der Waals surface area contributed by atoms with Gasteiger partial charge in [-0.05, 0) is 37.8 Å². The fourth-order valence-electron chi connectivity index (χ4n) is 3.38. The van der Waals surface area contributed by atoms with Gasteiger partial charge in [-0.3, -0.25) is 14.2 Å². The van der Waals surface area contributed by atoms with Gasteiger partial charge >= 0.3 is 0 Å². The molecule has 26 heavy (non-hydrogen) atoms. The van der Waals surface area contributed by atoms with Crippen LogP contribution < -0.4 is 5.32 Å². The molecule has 4 rings (SSSR count). The number of pyridine rings is 1. The second-order valence-corrected chi connectivity index (χ2v) is 6.97. The molecule has 0 saturated heterocycles. The first-order chi connectivity index (χ1) is 12.7. The number of rotatable bonds is 7. The molecular formula is C19H24N6O. The fourth-order valence-corrected chi connectivity index (χ4v) is 3.38. The van der Waals surface area contributed by atoms with Crippen LogP contribution in [0.1, 0.15) is 60.6 Å². The summed E-state index contributed by atoms with van der Waals surface area (Å²) in [6.45, 7) is 2.75. The van der Waals surface area contributed by atoms with E-state index in [0.29, 0.717) is 24.1 Å². The summed E-state index contributed by atoms with van der Waals surface area (Å²) in [4.78, 5) is 17.5. The highest BCUT2D eigenvalue weighted by atomic mass is 16.1. The van der Waals surface area contributed by atoms with Gasteiger partial charge in [-0.15, -0.1) is 0 Å². The van der Waals surface area contributed by atoms with Crippen LogP contribution in [0.2, 0.25) is 0 Å². The smallest absolute Gasteiger partial charge is 0.252 e. The molecule has 0 bridgehead atoms. The summed E-state index contributed by atoms with van der Waals surface area (Å²) >= 11 is 0. The van der Waals surface area contributed by atoms with Gasteiger partial charge in [0.05, 0.1) is 23.2 Å². The maximum atomic E-state index is 12.8. The van der Waals surface area contributed by atoms with Crippen molar-refractivity contribution in [2.24, 2.45) is 7.05 Å². The Morgan fingerprint density at radius 1 is 1.38 bits per heavy atom. The Kier molecular flexibility index (Phi) is 4.44. The van der Waals surface area contributed by atoms with Crippen LogP contribution in [0, 0.1) is 0 Å². The van der Waals surface area contributed by atoms with Crippen molar-refractivity contribution < 1.29 is 4.79 Å². The molecule has 0 aliphatic heterocycles. The predicted octanol–water partition coefficient (Wildman–Crippen LogP) is 2.81. The minimum atomic E-state index is -0.0531. The summed E-state index contributed by atoms with van der Waals surface area (Å²) < 4.78 is 3.70. The van der Waals surface area contributed by atoms with E-state index >= 15 is 0 Å². The maximum absolute atomic E-state index is 12.8. The summed E-state index contributed by atoms with van der Waals surface area (Å²) in [7, 11) is 1.86. The van der Waals surface area contributed by atoms with E-state index in [1.54, 1.807) is 17.1 Å². The van der Waals surface area contributed by atoms with E-state index in [2.05, 4.69) is 22.4 Å². The Morgan fingerprint density at radius 2 is 2.23 bits per heavy atom. The zero-order valence-electron chi connectivity index (χ0n) is 15.2. The molecule has 3 aromatic rings. The minimum Gasteiger partial charge on any atom is -0.352 e. The van der Waals surface area contributed by atoms with Crippen molar-refractivity contribution in [3.63, 3.8) is 0 Å². The normalized spacial score (nSPS) is 15.3. The van der Waals surface area contributed by atoms with Crippen LogP contribution in [-0.4, -0.2) is 37.0 Å². The van der Waals surface area contributed by atoms with E-state index in [-0.39, 0.29) is 5.91 Å². The van der Waals surface area contributed by atoms with Crippen molar-refractivity contribution in [3.05, 3.63) is 42.0 Å². The van der Waals surface area contributed by atoms with Crippen LogP contribution >= 0.6 is 0 Å². The molecule has 0 unspecified atom stereocenters. The van der Waals surface area contributed by atoms with Gasteiger partial charge in [0.25, 0.3) is 5.91 Å². The molecule has 1 atom stereocenters. The topological polar surface area (TPSA) is 77.6 Å². The van der Waals surface area contributed by atoms with Gasteiger partial charge in [-0.2, -0.15) is 10.2 Å². The van der Waals surface area contributed by atoms with Crippen LogP contribution in [0.3, 0.4) is 0 Å². The number of aryl methyl sites for hydroxylation is 1. The Morgan fingerprint density at radius 3 is 2.92 bits per heavy atom. The van der Waals surface area contributed by atoms with Crippen LogP contribution in [0.15, 0.2) is 30.7 Å². The number of hydrogen-bond acceptors (Lipinski definition) is 4. The van der Waals surface area contributed by atoms with Crippen molar-refractivity contribution in [1.82, 2.24) is 29.9 Å². The molecule has 1 saturated carbocycles. The number of fused-ring (bicyclic) bond motifs is 1. The van der Waals surface area contributed by atoms with Crippen LogP contribution in [0.4, 0.5) is 0 Å². The summed E-state index contributed by atoms with van der Waals surface area (Å²) in [5.74, 6) is 0.438. The quantitative estimate of drug-likeness (QED) is 0.709. The third-order valence-electron chi connectivity index (χ3n) is 5.10. The monoisotopic (exact) mass is 352 g/mol. The lowest BCUT2D eigenvalue weighted by molar-refractivity contribution is 0.0952. The third-order valence-corrected chi connectivity index (χ3v) is 5.10. The van der Waals surface area contributed by atoms with Crippen LogP contribution in [-0.2, 0) is 7.05 Å². The zero-order valence-corrected chi connectivity index (χ0v) is 15.2. The van der Waals surface area contributed by atoms with Crippen molar-refractivity contribution in [2.45, 2.75) is 44.6 Å². The third kappa shape index (κ3) is 3.21. The van der Waals surface area contributed by atoms with Crippen molar-refractivity contribution in [1.29, 1.82) is 0 Å². The van der Waals surface area contributed by atoms with Gasteiger partial charge in [-0.1, -0.05) is 6.92 Å². The Hall–Kier alpha value is -2.70. The van der Waals surface area contributed by atoms with Crippen LogP contribution in [0.5, 0.6) is 0 Å². The number of carbonyl (C=O) groups is 1. The maximum Gasteiger partial charge on any atom is 0.252 e. The number of hydrogen-bond donors (Lipinski definition) is 1. The van der Waals surface area contributed by atoms with E-state index in [1.807, 2.05) is 30.1 Å². The molecule has 1 fully saturated rings. The second kappa shape index (κ2) is 6.90. The number of aromatic nitrogens is 5. The number of amides is 1. The molecule has 1 N–H and O–H groups in total. The molecule has 7 nitrogen and oxygen atoms in total. The Labute approximate surface area is 152 Å². The van der Waals surface area contributed by atoms with Crippen LogP contribution in [0.25, 0.3) is 11.0 Å². The lowest BCUT2D eigenvalue weighted by atomic mass is 10.1. The zero-order chi connectivity index (χ0) is 18.1. The van der Waals surface area contributed by atoms with E-state index in [4.69, 9.17) is 4.98 Å². The minimum absolute atomic E-state index is 0.0531. The standard InChI is InChI=1S/C19H24N6O/c1-3-14(25-10-4-8-21-25)7-9-20-19(26)15-11-17(13-5-6-13)23-18-16(15)12-22-24(18)2/h4,8,10-14H,3,5-7,9H2,1-2H3,(H,20,26)/t14-/m0/s1. The van der Waals surface area contributed by atoms with Gasteiger partial charge in [0.2, 0.25) is 0 Å². The highest BCUT2D eigenvalue weighted by Crippen LogP contribution is 2.40. The lowest BCUT2D eigenvalue weighted by Crippen LogP contribution is -2.27. The first-order valence-electron chi connectivity index (χ1n) is 9.27. The van der Waals surface area contributed by atoms with Crippen molar-refractivity contribution >= 4 is 16.9 Å². The van der Waals surface area contributed by atoms with E-state index in [1.165, 1.54) is 0 Å². The molecule has 136 valence electrons. The summed E-state index contributed by atoms with van der Waals surface area (Å²) in [6.07, 6.45) is 9.62. The van der Waals surface area contributed by atoms with E-state index in [9.17, 15) is 4.79 Å². The highest BCUT2D eigenvalue weighted by molar-refractivity contribution is 6.05. The molecule has 0 aromatic carbocycles. The summed E-state index contributed by atoms with van der Waals surface area (Å²) in [5, 5.41) is 12.5. The fraction of sp³-hybridized carbons (Fsp3) is 0.474. The lowest BCUT2D eigenvalue weighted by Gasteiger charge is -2.16. The molecule has 3 aromatic heterocycles. The number of carbonyl (C=O) groups excluding carboxylic acids is 1.